The maximum atomic E-state index is 13.3. The molecule has 0 unspecified atom stereocenters. The molecule has 8 nitrogen and oxygen atoms in total. The van der Waals surface area contributed by atoms with Crippen molar-refractivity contribution in [2.24, 2.45) is 0 Å². The minimum atomic E-state index is -0.912. The lowest BCUT2D eigenvalue weighted by Crippen LogP contribution is -2.47. The van der Waals surface area contributed by atoms with Crippen molar-refractivity contribution in [3.63, 3.8) is 0 Å². The number of hydrogen-bond acceptors (Lipinski definition) is 6. The van der Waals surface area contributed by atoms with Gasteiger partial charge in [-0.1, -0.05) is 78.2 Å². The summed E-state index contributed by atoms with van der Waals surface area (Å²) in [5.41, 5.74) is 2.69. The second-order valence-corrected chi connectivity index (χ2v) is 11.8. The van der Waals surface area contributed by atoms with E-state index in [2.05, 4.69) is 33.5 Å². The Kier molecular flexibility index (Phi) is 12.4. The van der Waals surface area contributed by atoms with Gasteiger partial charge in [0.05, 0.1) is 0 Å². The van der Waals surface area contributed by atoms with Crippen LogP contribution in [0.4, 0.5) is 15.3 Å². The maximum absolute atomic E-state index is 13.3. The van der Waals surface area contributed by atoms with Crippen molar-refractivity contribution in [3.8, 4) is 5.75 Å². The van der Waals surface area contributed by atoms with E-state index in [-0.39, 0.29) is 24.7 Å². The zero-order valence-corrected chi connectivity index (χ0v) is 26.2. The van der Waals surface area contributed by atoms with Crippen LogP contribution in [0.1, 0.15) is 63.6 Å². The first-order valence-corrected chi connectivity index (χ1v) is 14.9. The number of ether oxygens (including phenoxy) is 3. The number of aryl methyl sites for hydroxylation is 1. The number of alkyl carbamates (subject to hydrolysis) is 1. The van der Waals surface area contributed by atoms with Gasteiger partial charge < -0.3 is 24.8 Å². The minimum Gasteiger partial charge on any atom is -0.444 e. The van der Waals surface area contributed by atoms with Crippen LogP contribution < -0.4 is 15.4 Å². The van der Waals surface area contributed by atoms with Gasteiger partial charge in [0.2, 0.25) is 5.91 Å². The quantitative estimate of drug-likeness (QED) is 0.118. The molecule has 42 heavy (non-hydrogen) atoms. The van der Waals surface area contributed by atoms with Crippen molar-refractivity contribution in [2.75, 3.05) is 5.32 Å². The number of halogens is 1. The largest absolute Gasteiger partial charge is 0.514 e. The third-order valence-electron chi connectivity index (χ3n) is 6.17. The summed E-state index contributed by atoms with van der Waals surface area (Å²) in [6.07, 6.45) is 3.12. The van der Waals surface area contributed by atoms with E-state index >= 15 is 0 Å². The van der Waals surface area contributed by atoms with Gasteiger partial charge in [-0.2, -0.15) is 0 Å². The molecule has 0 saturated heterocycles. The number of anilines is 1. The number of amides is 2. The Morgan fingerprint density at radius 3 is 2.19 bits per heavy atom. The van der Waals surface area contributed by atoms with Crippen LogP contribution in [0.5, 0.6) is 5.75 Å². The summed E-state index contributed by atoms with van der Waals surface area (Å²) in [6, 6.07) is 20.9. The molecule has 0 aliphatic carbocycles. The lowest BCUT2D eigenvalue weighted by molar-refractivity contribution is -0.118. The van der Waals surface area contributed by atoms with Crippen LogP contribution >= 0.6 is 15.9 Å². The maximum Gasteiger partial charge on any atom is 0.514 e. The Balaban J connectivity index is 1.62. The van der Waals surface area contributed by atoms with Crippen molar-refractivity contribution >= 4 is 39.8 Å². The molecule has 0 aromatic heterocycles. The van der Waals surface area contributed by atoms with Crippen molar-refractivity contribution in [2.45, 2.75) is 78.0 Å². The molecule has 0 spiro atoms. The fourth-order valence-corrected chi connectivity index (χ4v) is 4.43. The normalized spacial score (nSPS) is 11.7. The fourth-order valence-electron chi connectivity index (χ4n) is 4.03. The molecule has 224 valence electrons. The van der Waals surface area contributed by atoms with Crippen LogP contribution in [0, 0.1) is 0 Å². The van der Waals surface area contributed by atoms with Crippen LogP contribution in [0.2, 0.25) is 0 Å². The Bertz CT molecular complexity index is 1320. The number of carbonyl (C=O) groups is 3. The predicted octanol–water partition coefficient (Wildman–Crippen LogP) is 7.97. The van der Waals surface area contributed by atoms with E-state index in [0.717, 1.165) is 34.9 Å². The summed E-state index contributed by atoms with van der Waals surface area (Å²) >= 11 is 3.42. The molecule has 9 heteroatoms. The van der Waals surface area contributed by atoms with Crippen molar-refractivity contribution in [1.29, 1.82) is 0 Å². The van der Waals surface area contributed by atoms with Gasteiger partial charge in [0.1, 0.15) is 24.0 Å². The first-order chi connectivity index (χ1) is 20.0. The number of nitrogens with one attached hydrogen (secondary N) is 2. The highest BCUT2D eigenvalue weighted by Crippen LogP contribution is 2.19. The molecular formula is C33H39BrN2O6. The molecule has 0 aliphatic heterocycles. The van der Waals surface area contributed by atoms with E-state index in [0.29, 0.717) is 5.69 Å². The minimum absolute atomic E-state index is 0.0626. The number of rotatable bonds is 12. The molecule has 2 N–H and O–H groups in total. The van der Waals surface area contributed by atoms with Gasteiger partial charge in [-0.15, -0.1) is 0 Å². The molecule has 1 atom stereocenters. The number of carbonyl (C=O) groups excluding carboxylic acids is 3. The summed E-state index contributed by atoms with van der Waals surface area (Å²) in [6.45, 7) is 7.50. The highest BCUT2D eigenvalue weighted by molar-refractivity contribution is 9.10. The van der Waals surface area contributed by atoms with Gasteiger partial charge in [0.25, 0.3) is 0 Å². The second-order valence-electron chi connectivity index (χ2n) is 10.9. The smallest absolute Gasteiger partial charge is 0.444 e. The van der Waals surface area contributed by atoms with E-state index in [1.807, 2.05) is 48.5 Å². The number of hydrogen-bond donors (Lipinski definition) is 2. The Morgan fingerprint density at radius 1 is 0.881 bits per heavy atom. The zero-order valence-electron chi connectivity index (χ0n) is 24.6. The first-order valence-electron chi connectivity index (χ1n) is 14.1. The van der Waals surface area contributed by atoms with Crippen molar-refractivity contribution in [1.82, 2.24) is 5.32 Å². The van der Waals surface area contributed by atoms with E-state index in [4.69, 9.17) is 14.2 Å². The predicted molar refractivity (Wildman–Crippen MR) is 167 cm³/mol. The summed E-state index contributed by atoms with van der Waals surface area (Å²) in [4.78, 5) is 38.0. The van der Waals surface area contributed by atoms with E-state index < -0.39 is 23.9 Å². The fraction of sp³-hybridized carbons (Fsp3) is 0.364. The molecular weight excluding hydrogens is 600 g/mol. The molecule has 0 heterocycles. The number of unbranched alkanes of at least 4 members (excludes halogenated alkanes) is 2. The van der Waals surface area contributed by atoms with Gasteiger partial charge in [-0.25, -0.2) is 9.59 Å². The third kappa shape index (κ3) is 11.6. The molecule has 0 saturated carbocycles. The van der Waals surface area contributed by atoms with E-state index in [1.165, 1.54) is 12.0 Å². The molecule has 0 fully saturated rings. The van der Waals surface area contributed by atoms with E-state index in [1.54, 1.807) is 45.0 Å². The Hall–Kier alpha value is -3.85. The van der Waals surface area contributed by atoms with Crippen LogP contribution in [0.3, 0.4) is 0 Å². The van der Waals surface area contributed by atoms with Gasteiger partial charge in [0.15, 0.2) is 0 Å². The van der Waals surface area contributed by atoms with Gasteiger partial charge in [-0.3, -0.25) is 4.79 Å². The molecule has 3 rings (SSSR count). The molecule has 2 amide bonds. The van der Waals surface area contributed by atoms with Crippen LogP contribution in [0.25, 0.3) is 0 Å². The van der Waals surface area contributed by atoms with Crippen LogP contribution in [-0.2, 0) is 33.7 Å². The molecule has 0 bridgehead atoms. The Labute approximate surface area is 256 Å². The standard InChI is InChI=1S/C33H39BrN2O6/c1-5-6-7-10-23-13-17-26(18-14-23)35-30(37)29(36-31(38)42-33(2,3)4)21-24-15-19-27(20-16-24)41-32(39)40-22-25-11-8-9-12-28(25)34/h8-9,11-20,29H,5-7,10,21-22H2,1-4H3,(H,35,37)(H,36,38)/t29-/m0/s1. The second kappa shape index (κ2) is 16.0. The van der Waals surface area contributed by atoms with Crippen LogP contribution in [0.15, 0.2) is 77.3 Å². The number of benzene rings is 3. The van der Waals surface area contributed by atoms with Crippen LogP contribution in [-0.4, -0.2) is 29.8 Å². The highest BCUT2D eigenvalue weighted by Gasteiger charge is 2.25. The zero-order chi connectivity index (χ0) is 30.5. The third-order valence-corrected chi connectivity index (χ3v) is 6.94. The average molecular weight is 640 g/mol. The highest BCUT2D eigenvalue weighted by atomic mass is 79.9. The van der Waals surface area contributed by atoms with Gasteiger partial charge in [0, 0.05) is 22.1 Å². The molecule has 0 aliphatic rings. The Morgan fingerprint density at radius 2 is 1.55 bits per heavy atom. The summed E-state index contributed by atoms with van der Waals surface area (Å²) in [7, 11) is 0. The van der Waals surface area contributed by atoms with E-state index in [9.17, 15) is 14.4 Å². The molecule has 3 aromatic carbocycles. The first kappa shape index (κ1) is 32.7. The summed E-state index contributed by atoms with van der Waals surface area (Å²) in [5, 5.41) is 5.58. The monoisotopic (exact) mass is 638 g/mol. The average Bonchev–Trinajstić information content (AvgIpc) is 2.93. The summed E-state index contributed by atoms with van der Waals surface area (Å²) in [5.74, 6) is -0.0911. The SMILES string of the molecule is CCCCCc1ccc(NC(=O)[C@H](Cc2ccc(OC(=O)OCc3ccccc3Br)cc2)NC(=O)OC(C)(C)C)cc1. The lowest BCUT2D eigenvalue weighted by atomic mass is 10.0. The van der Waals surface area contributed by atoms with Gasteiger partial charge in [-0.05, 0) is 75.1 Å². The lowest BCUT2D eigenvalue weighted by Gasteiger charge is -2.23. The summed E-state index contributed by atoms with van der Waals surface area (Å²) < 4.78 is 16.7. The van der Waals surface area contributed by atoms with Gasteiger partial charge >= 0.3 is 12.2 Å². The van der Waals surface area contributed by atoms with Crippen molar-refractivity contribution in [3.05, 3.63) is 94.0 Å². The van der Waals surface area contributed by atoms with Crippen molar-refractivity contribution < 1.29 is 28.6 Å². The molecule has 3 aromatic rings. The topological polar surface area (TPSA) is 103 Å². The molecule has 0 radical (unpaired) electrons.